The number of ether oxygens (including phenoxy) is 1. The first-order valence-corrected chi connectivity index (χ1v) is 6.29. The van der Waals surface area contributed by atoms with Gasteiger partial charge in [0.05, 0.1) is 12.0 Å². The number of hydrogen-bond donors (Lipinski definition) is 0. The third-order valence-corrected chi connectivity index (χ3v) is 4.19. The third kappa shape index (κ3) is 1.85. The summed E-state index contributed by atoms with van der Waals surface area (Å²) < 4.78 is 6.73. The molecule has 2 rings (SSSR count). The largest absolute Gasteiger partial charge is 0.372 e. The van der Waals surface area contributed by atoms with Gasteiger partial charge >= 0.3 is 0 Å². The smallest absolute Gasteiger partial charge is 0.100 e. The molecule has 74 valence electrons. The van der Waals surface area contributed by atoms with E-state index in [0.717, 1.165) is 29.5 Å². The first-order chi connectivity index (χ1) is 6.83. The van der Waals surface area contributed by atoms with Gasteiger partial charge in [0, 0.05) is 22.0 Å². The van der Waals surface area contributed by atoms with Crippen LogP contribution < -0.4 is 0 Å². The lowest BCUT2D eigenvalue weighted by molar-refractivity contribution is -0.0103. The van der Waals surface area contributed by atoms with Crippen molar-refractivity contribution < 1.29 is 4.74 Å². The highest BCUT2D eigenvalue weighted by Gasteiger charge is 2.29. The monoisotopic (exact) mass is 271 g/mol. The number of halogens is 1. The van der Waals surface area contributed by atoms with Crippen LogP contribution in [-0.2, 0) is 4.74 Å². The lowest BCUT2D eigenvalue weighted by Gasteiger charge is -2.27. The van der Waals surface area contributed by atoms with E-state index >= 15 is 0 Å². The zero-order valence-electron chi connectivity index (χ0n) is 7.57. The molecule has 1 aromatic rings. The molecule has 2 atom stereocenters. The zero-order chi connectivity index (χ0) is 9.97. The molecule has 4 heteroatoms. The van der Waals surface area contributed by atoms with Crippen molar-refractivity contribution in [1.29, 1.82) is 5.26 Å². The Morgan fingerprint density at radius 2 is 2.43 bits per heavy atom. The number of nitriles is 1. The van der Waals surface area contributed by atoms with Gasteiger partial charge in [0.25, 0.3) is 0 Å². The van der Waals surface area contributed by atoms with Crippen LogP contribution in [0, 0.1) is 17.2 Å². The lowest BCUT2D eigenvalue weighted by Crippen LogP contribution is -2.21. The quantitative estimate of drug-likeness (QED) is 0.783. The molecular formula is C10H10BrNOS. The molecule has 2 nitrogen and oxygen atoms in total. The van der Waals surface area contributed by atoms with E-state index in [4.69, 9.17) is 10.00 Å². The van der Waals surface area contributed by atoms with Crippen molar-refractivity contribution in [3.8, 4) is 6.07 Å². The molecule has 1 saturated heterocycles. The maximum absolute atomic E-state index is 9.01. The number of hydrogen-bond acceptors (Lipinski definition) is 3. The van der Waals surface area contributed by atoms with Crippen molar-refractivity contribution in [3.63, 3.8) is 0 Å². The number of nitrogens with zero attached hydrogens (tertiary/aromatic N) is 1. The van der Waals surface area contributed by atoms with Gasteiger partial charge in [-0.3, -0.25) is 0 Å². The second-order valence-electron chi connectivity index (χ2n) is 3.34. The Labute approximate surface area is 95.6 Å². The molecule has 1 aliphatic heterocycles. The molecule has 1 aromatic heterocycles. The van der Waals surface area contributed by atoms with E-state index in [0.29, 0.717) is 0 Å². The minimum Gasteiger partial charge on any atom is -0.372 e. The first-order valence-electron chi connectivity index (χ1n) is 4.55. The van der Waals surface area contributed by atoms with Crippen LogP contribution in [0.1, 0.15) is 24.5 Å². The van der Waals surface area contributed by atoms with Crippen molar-refractivity contribution in [2.24, 2.45) is 5.92 Å². The van der Waals surface area contributed by atoms with Crippen molar-refractivity contribution in [1.82, 2.24) is 0 Å². The summed E-state index contributed by atoms with van der Waals surface area (Å²) in [5.41, 5.74) is 1.13. The second-order valence-corrected chi connectivity index (χ2v) is 4.94. The van der Waals surface area contributed by atoms with Crippen LogP contribution in [0.15, 0.2) is 15.2 Å². The minimum absolute atomic E-state index is 0.00894. The van der Waals surface area contributed by atoms with Gasteiger partial charge < -0.3 is 4.74 Å². The van der Waals surface area contributed by atoms with Crippen molar-refractivity contribution in [2.75, 3.05) is 6.61 Å². The van der Waals surface area contributed by atoms with E-state index in [1.807, 2.05) is 5.38 Å². The summed E-state index contributed by atoms with van der Waals surface area (Å²) in [6, 6.07) is 2.33. The average molecular weight is 272 g/mol. The molecule has 0 bridgehead atoms. The van der Waals surface area contributed by atoms with E-state index in [1.165, 1.54) is 0 Å². The van der Waals surface area contributed by atoms with Crippen LogP contribution in [0.25, 0.3) is 0 Å². The molecule has 0 spiro atoms. The highest BCUT2D eigenvalue weighted by Crippen LogP contribution is 2.38. The van der Waals surface area contributed by atoms with Gasteiger partial charge in [-0.2, -0.15) is 16.6 Å². The predicted molar refractivity (Wildman–Crippen MR) is 59.0 cm³/mol. The normalized spacial score (nSPS) is 27.1. The van der Waals surface area contributed by atoms with Crippen LogP contribution >= 0.6 is 27.3 Å². The van der Waals surface area contributed by atoms with E-state index in [2.05, 4.69) is 27.4 Å². The Morgan fingerprint density at radius 1 is 1.57 bits per heavy atom. The SMILES string of the molecule is N#CC1CCCOC1c1cscc1Br. The number of rotatable bonds is 1. The summed E-state index contributed by atoms with van der Waals surface area (Å²) in [6.45, 7) is 0.769. The maximum atomic E-state index is 9.01. The summed E-state index contributed by atoms with van der Waals surface area (Å²) in [6.07, 6.45) is 1.91. The fraction of sp³-hybridized carbons (Fsp3) is 0.500. The Hall–Kier alpha value is -0.370. The van der Waals surface area contributed by atoms with Gasteiger partial charge in [-0.1, -0.05) is 0 Å². The van der Waals surface area contributed by atoms with Gasteiger partial charge in [0.2, 0.25) is 0 Å². The van der Waals surface area contributed by atoms with Crippen molar-refractivity contribution in [3.05, 3.63) is 20.8 Å². The summed E-state index contributed by atoms with van der Waals surface area (Å²) in [5, 5.41) is 13.1. The standard InChI is InChI=1S/C10H10BrNOS/c11-9-6-14-5-8(9)10-7(4-12)2-1-3-13-10/h5-7,10H,1-3H2. The third-order valence-electron chi connectivity index (χ3n) is 2.44. The highest BCUT2D eigenvalue weighted by atomic mass is 79.9. The number of thiophene rings is 1. The lowest BCUT2D eigenvalue weighted by atomic mass is 9.92. The average Bonchev–Trinajstić information content (AvgIpc) is 2.64. The van der Waals surface area contributed by atoms with Crippen LogP contribution in [0.5, 0.6) is 0 Å². The molecule has 1 aliphatic rings. The first kappa shape index (κ1) is 10.2. The summed E-state index contributed by atoms with van der Waals surface area (Å²) in [4.78, 5) is 0. The van der Waals surface area contributed by atoms with Gasteiger partial charge in [-0.05, 0) is 34.2 Å². The van der Waals surface area contributed by atoms with E-state index in [1.54, 1.807) is 11.3 Å². The van der Waals surface area contributed by atoms with Gasteiger partial charge in [0.15, 0.2) is 0 Å². The summed E-state index contributed by atoms with van der Waals surface area (Å²) in [5.74, 6) is 0.00894. The zero-order valence-corrected chi connectivity index (χ0v) is 9.97. The van der Waals surface area contributed by atoms with Crippen LogP contribution in [0.4, 0.5) is 0 Å². The molecule has 0 saturated carbocycles. The van der Waals surface area contributed by atoms with Crippen LogP contribution in [-0.4, -0.2) is 6.61 Å². The Bertz CT molecular complexity index is 357. The van der Waals surface area contributed by atoms with Gasteiger partial charge in [-0.25, -0.2) is 0 Å². The molecule has 14 heavy (non-hydrogen) atoms. The van der Waals surface area contributed by atoms with Gasteiger partial charge in [0.1, 0.15) is 6.10 Å². The summed E-state index contributed by atoms with van der Waals surface area (Å²) in [7, 11) is 0. The van der Waals surface area contributed by atoms with E-state index in [-0.39, 0.29) is 12.0 Å². The fourth-order valence-electron chi connectivity index (χ4n) is 1.71. The second kappa shape index (κ2) is 4.43. The molecule has 0 radical (unpaired) electrons. The molecule has 0 N–H and O–H groups in total. The molecule has 0 amide bonds. The molecular weight excluding hydrogens is 262 g/mol. The Morgan fingerprint density at radius 3 is 3.07 bits per heavy atom. The molecule has 2 unspecified atom stereocenters. The topological polar surface area (TPSA) is 33.0 Å². The van der Waals surface area contributed by atoms with Gasteiger partial charge in [-0.15, -0.1) is 0 Å². The molecule has 2 heterocycles. The molecule has 0 aromatic carbocycles. The Balaban J connectivity index is 2.24. The van der Waals surface area contributed by atoms with Crippen molar-refractivity contribution in [2.45, 2.75) is 18.9 Å². The summed E-state index contributed by atoms with van der Waals surface area (Å²) >= 11 is 5.12. The van der Waals surface area contributed by atoms with E-state index < -0.39 is 0 Å². The fourth-order valence-corrected chi connectivity index (χ4v) is 3.26. The Kier molecular flexibility index (Phi) is 3.22. The van der Waals surface area contributed by atoms with Crippen molar-refractivity contribution >= 4 is 27.3 Å². The van der Waals surface area contributed by atoms with Crippen LogP contribution in [0.2, 0.25) is 0 Å². The minimum atomic E-state index is -0.0330. The van der Waals surface area contributed by atoms with Crippen LogP contribution in [0.3, 0.4) is 0 Å². The maximum Gasteiger partial charge on any atom is 0.100 e. The molecule has 0 aliphatic carbocycles. The molecule has 1 fully saturated rings. The highest BCUT2D eigenvalue weighted by molar-refractivity contribution is 9.10. The van der Waals surface area contributed by atoms with E-state index in [9.17, 15) is 0 Å². The predicted octanol–water partition coefficient (Wildman–Crippen LogP) is 3.50.